The Morgan fingerprint density at radius 2 is 1.48 bits per heavy atom. The third-order valence-corrected chi connectivity index (χ3v) is 3.88. The second-order valence-corrected chi connectivity index (χ2v) is 7.40. The van der Waals surface area contributed by atoms with Gasteiger partial charge < -0.3 is 4.74 Å². The number of benzene rings is 1. The van der Waals surface area contributed by atoms with Crippen molar-refractivity contribution < 1.29 is 4.74 Å². The highest BCUT2D eigenvalue weighted by molar-refractivity contribution is 5.31. The molecule has 0 aliphatic carbocycles. The molecule has 0 spiro atoms. The van der Waals surface area contributed by atoms with Gasteiger partial charge in [-0.3, -0.25) is 4.90 Å². The van der Waals surface area contributed by atoms with Crippen molar-refractivity contribution in [1.82, 2.24) is 4.90 Å². The lowest BCUT2D eigenvalue weighted by Gasteiger charge is -2.30. The van der Waals surface area contributed by atoms with E-state index in [4.69, 9.17) is 4.74 Å². The highest BCUT2D eigenvalue weighted by Gasteiger charge is 2.14. The monoisotopic (exact) mass is 291 g/mol. The van der Waals surface area contributed by atoms with E-state index in [1.54, 1.807) is 0 Å². The second-order valence-electron chi connectivity index (χ2n) is 7.40. The van der Waals surface area contributed by atoms with Crippen molar-refractivity contribution in [2.45, 2.75) is 72.4 Å². The molecule has 2 heteroatoms. The van der Waals surface area contributed by atoms with Gasteiger partial charge >= 0.3 is 0 Å². The number of ether oxygens (including phenoxy) is 1. The SMILES string of the molecule is CC(C)N(CCCOc1ccc(C(C)(C)C)cc1)C(C)C. The summed E-state index contributed by atoms with van der Waals surface area (Å²) in [4.78, 5) is 2.51. The van der Waals surface area contributed by atoms with Crippen molar-refractivity contribution in [3.63, 3.8) is 0 Å². The van der Waals surface area contributed by atoms with Crippen LogP contribution in [0.25, 0.3) is 0 Å². The molecule has 0 atom stereocenters. The van der Waals surface area contributed by atoms with E-state index in [9.17, 15) is 0 Å². The first kappa shape index (κ1) is 18.0. The van der Waals surface area contributed by atoms with Crippen molar-refractivity contribution in [3.8, 4) is 5.75 Å². The number of hydrogen-bond donors (Lipinski definition) is 0. The van der Waals surface area contributed by atoms with E-state index in [0.29, 0.717) is 12.1 Å². The zero-order valence-electron chi connectivity index (χ0n) is 14.9. The molecular weight excluding hydrogens is 258 g/mol. The van der Waals surface area contributed by atoms with Crippen LogP contribution in [0.15, 0.2) is 24.3 Å². The van der Waals surface area contributed by atoms with E-state index in [1.165, 1.54) is 5.56 Å². The third kappa shape index (κ3) is 6.09. The minimum absolute atomic E-state index is 0.202. The van der Waals surface area contributed by atoms with Gasteiger partial charge in [0.25, 0.3) is 0 Å². The molecule has 0 saturated heterocycles. The molecule has 2 nitrogen and oxygen atoms in total. The van der Waals surface area contributed by atoms with Crippen molar-refractivity contribution in [2.75, 3.05) is 13.2 Å². The van der Waals surface area contributed by atoms with Crippen LogP contribution in [0, 0.1) is 0 Å². The van der Waals surface area contributed by atoms with E-state index in [1.807, 2.05) is 0 Å². The summed E-state index contributed by atoms with van der Waals surface area (Å²) >= 11 is 0. The minimum Gasteiger partial charge on any atom is -0.494 e. The molecule has 1 aromatic carbocycles. The molecule has 1 rings (SSSR count). The van der Waals surface area contributed by atoms with Gasteiger partial charge in [-0.2, -0.15) is 0 Å². The summed E-state index contributed by atoms with van der Waals surface area (Å²) in [6.07, 6.45) is 1.07. The summed E-state index contributed by atoms with van der Waals surface area (Å²) in [5, 5.41) is 0. The van der Waals surface area contributed by atoms with Crippen molar-refractivity contribution in [2.24, 2.45) is 0 Å². The van der Waals surface area contributed by atoms with Gasteiger partial charge in [0.15, 0.2) is 0 Å². The van der Waals surface area contributed by atoms with Gasteiger partial charge in [-0.1, -0.05) is 32.9 Å². The van der Waals surface area contributed by atoms with Gasteiger partial charge in [-0.05, 0) is 57.2 Å². The van der Waals surface area contributed by atoms with Gasteiger partial charge in [-0.25, -0.2) is 0 Å². The molecule has 0 fully saturated rings. The molecule has 0 aliphatic heterocycles. The Hall–Kier alpha value is -1.02. The first-order valence-corrected chi connectivity index (χ1v) is 8.21. The number of rotatable bonds is 7. The molecule has 0 N–H and O–H groups in total. The standard InChI is InChI=1S/C19H33NO/c1-15(2)20(16(3)4)13-8-14-21-18-11-9-17(10-12-18)19(5,6)7/h9-12,15-16H,8,13-14H2,1-7H3. The largest absolute Gasteiger partial charge is 0.494 e. The molecule has 120 valence electrons. The molecule has 0 unspecified atom stereocenters. The fraction of sp³-hybridized carbons (Fsp3) is 0.684. The van der Waals surface area contributed by atoms with Crippen LogP contribution >= 0.6 is 0 Å². The summed E-state index contributed by atoms with van der Waals surface area (Å²) < 4.78 is 5.86. The minimum atomic E-state index is 0.202. The number of nitrogens with zero attached hydrogens (tertiary/aromatic N) is 1. The Labute approximate surface area is 131 Å². The average Bonchev–Trinajstić information content (AvgIpc) is 2.37. The van der Waals surface area contributed by atoms with E-state index in [-0.39, 0.29) is 5.41 Å². The van der Waals surface area contributed by atoms with Crippen molar-refractivity contribution in [1.29, 1.82) is 0 Å². The zero-order valence-corrected chi connectivity index (χ0v) is 14.9. The quantitative estimate of drug-likeness (QED) is 0.664. The normalized spacial score (nSPS) is 12.5. The highest BCUT2D eigenvalue weighted by atomic mass is 16.5. The molecule has 0 radical (unpaired) electrons. The van der Waals surface area contributed by atoms with Crippen LogP contribution < -0.4 is 4.74 Å². The van der Waals surface area contributed by atoms with Crippen LogP contribution in [-0.4, -0.2) is 30.1 Å². The summed E-state index contributed by atoms with van der Waals surface area (Å²) in [5.74, 6) is 0.976. The highest BCUT2D eigenvalue weighted by Crippen LogP contribution is 2.24. The molecule has 0 bridgehead atoms. The molecule has 0 saturated carbocycles. The van der Waals surface area contributed by atoms with E-state index < -0.39 is 0 Å². The lowest BCUT2D eigenvalue weighted by atomic mass is 9.87. The summed E-state index contributed by atoms with van der Waals surface area (Å²) in [6, 6.07) is 9.70. The fourth-order valence-electron chi connectivity index (χ4n) is 2.60. The molecule has 0 heterocycles. The lowest BCUT2D eigenvalue weighted by Crippen LogP contribution is -2.38. The summed E-state index contributed by atoms with van der Waals surface area (Å²) in [5.41, 5.74) is 1.55. The Morgan fingerprint density at radius 3 is 1.90 bits per heavy atom. The van der Waals surface area contributed by atoms with Gasteiger partial charge in [0.1, 0.15) is 5.75 Å². The molecule has 0 amide bonds. The third-order valence-electron chi connectivity index (χ3n) is 3.88. The van der Waals surface area contributed by atoms with Crippen molar-refractivity contribution >= 4 is 0 Å². The fourth-order valence-corrected chi connectivity index (χ4v) is 2.60. The van der Waals surface area contributed by atoms with Crippen LogP contribution in [0.4, 0.5) is 0 Å². The Morgan fingerprint density at radius 1 is 0.952 bits per heavy atom. The second kappa shape index (κ2) is 7.84. The summed E-state index contributed by atoms with van der Waals surface area (Å²) in [6.45, 7) is 17.6. The van der Waals surface area contributed by atoms with Crippen molar-refractivity contribution in [3.05, 3.63) is 29.8 Å². The van der Waals surface area contributed by atoms with Crippen LogP contribution in [0.3, 0.4) is 0 Å². The Kier molecular flexibility index (Phi) is 6.73. The van der Waals surface area contributed by atoms with E-state index in [0.717, 1.165) is 25.3 Å². The van der Waals surface area contributed by atoms with E-state index in [2.05, 4.69) is 77.6 Å². The maximum absolute atomic E-state index is 5.86. The first-order valence-electron chi connectivity index (χ1n) is 8.21. The van der Waals surface area contributed by atoms with Gasteiger partial charge in [0.05, 0.1) is 6.61 Å². The molecule has 0 aromatic heterocycles. The molecular formula is C19H33NO. The van der Waals surface area contributed by atoms with Crippen LogP contribution in [0.5, 0.6) is 5.75 Å². The molecule has 1 aromatic rings. The van der Waals surface area contributed by atoms with Gasteiger partial charge in [0.2, 0.25) is 0 Å². The topological polar surface area (TPSA) is 12.5 Å². The maximum Gasteiger partial charge on any atom is 0.119 e. The average molecular weight is 291 g/mol. The lowest BCUT2D eigenvalue weighted by molar-refractivity contribution is 0.160. The van der Waals surface area contributed by atoms with Crippen LogP contribution in [0.1, 0.15) is 60.5 Å². The van der Waals surface area contributed by atoms with Gasteiger partial charge in [-0.15, -0.1) is 0 Å². The van der Waals surface area contributed by atoms with Crippen LogP contribution in [-0.2, 0) is 5.41 Å². The number of hydrogen-bond acceptors (Lipinski definition) is 2. The molecule has 21 heavy (non-hydrogen) atoms. The first-order chi connectivity index (χ1) is 9.71. The Balaban J connectivity index is 2.39. The Bertz CT molecular complexity index is 393. The smallest absolute Gasteiger partial charge is 0.119 e. The summed E-state index contributed by atoms with van der Waals surface area (Å²) in [7, 11) is 0. The zero-order chi connectivity index (χ0) is 16.0. The van der Waals surface area contributed by atoms with Crippen LogP contribution in [0.2, 0.25) is 0 Å². The van der Waals surface area contributed by atoms with Gasteiger partial charge in [0, 0.05) is 18.6 Å². The maximum atomic E-state index is 5.86. The van der Waals surface area contributed by atoms with E-state index >= 15 is 0 Å². The predicted octanol–water partition coefficient (Wildman–Crippen LogP) is 4.87. The predicted molar refractivity (Wildman–Crippen MR) is 92.2 cm³/mol. The molecule has 0 aliphatic rings.